The van der Waals surface area contributed by atoms with Gasteiger partial charge in [0.15, 0.2) is 0 Å². The molecule has 2 nitrogen and oxygen atoms in total. The Labute approximate surface area is 49.7 Å². The topological polar surface area (TPSA) is 15.3 Å². The first-order valence-corrected chi connectivity index (χ1v) is 2.70. The van der Waals surface area contributed by atoms with E-state index in [0.717, 1.165) is 13.1 Å². The van der Waals surface area contributed by atoms with E-state index in [-0.39, 0.29) is 6.80 Å². The largest absolute Gasteiger partial charge is 0.318 e. The predicted octanol–water partition coefficient (Wildman–Crippen LogP) is 0.0646. The van der Waals surface area contributed by atoms with Crippen molar-refractivity contribution in [1.82, 2.24) is 10.2 Å². The van der Waals surface area contributed by atoms with Crippen LogP contribution in [0.4, 0.5) is 4.39 Å². The smallest absolute Gasteiger partial charge is 0.142 e. The first kappa shape index (κ1) is 7.85. The number of likely N-dealkylation sites (N-methyl/N-ethyl adjacent to an activating group) is 2. The maximum absolute atomic E-state index is 11.6. The predicted molar refractivity (Wildman–Crippen MR) is 32.5 cm³/mol. The normalized spacial score (nSPS) is 10.5. The summed E-state index contributed by atoms with van der Waals surface area (Å²) in [7, 11) is 3.60. The second kappa shape index (κ2) is 5.00. The van der Waals surface area contributed by atoms with Crippen LogP contribution in [0.25, 0.3) is 0 Å². The van der Waals surface area contributed by atoms with Crippen LogP contribution in [0.1, 0.15) is 0 Å². The van der Waals surface area contributed by atoms with Crippen LogP contribution in [0, 0.1) is 0 Å². The van der Waals surface area contributed by atoms with Gasteiger partial charge in [0.2, 0.25) is 0 Å². The molecule has 0 atom stereocenters. The summed E-state index contributed by atoms with van der Waals surface area (Å²) in [6.45, 7) is 1.26. The summed E-state index contributed by atoms with van der Waals surface area (Å²) in [6, 6.07) is 0. The van der Waals surface area contributed by atoms with Crippen LogP contribution in [0.3, 0.4) is 0 Å². The molecule has 0 saturated carbocycles. The summed E-state index contributed by atoms with van der Waals surface area (Å²) in [4.78, 5) is 1.61. The zero-order chi connectivity index (χ0) is 6.41. The first-order valence-electron chi connectivity index (χ1n) is 2.70. The highest BCUT2D eigenvalue weighted by Gasteiger charge is 1.91. The molecular weight excluding hydrogens is 107 g/mol. The van der Waals surface area contributed by atoms with Crippen molar-refractivity contribution in [1.29, 1.82) is 0 Å². The SMILES string of the molecule is CNCCN(C)CF. The van der Waals surface area contributed by atoms with Crippen molar-refractivity contribution < 1.29 is 4.39 Å². The van der Waals surface area contributed by atoms with Gasteiger partial charge in [0.1, 0.15) is 6.80 Å². The molecule has 0 unspecified atom stereocenters. The van der Waals surface area contributed by atoms with Gasteiger partial charge in [-0.2, -0.15) is 0 Å². The molecular formula is C5H13FN2. The summed E-state index contributed by atoms with van der Waals surface area (Å²) in [5, 5.41) is 2.92. The maximum Gasteiger partial charge on any atom is 0.142 e. The van der Waals surface area contributed by atoms with Crippen molar-refractivity contribution in [2.45, 2.75) is 0 Å². The van der Waals surface area contributed by atoms with Crippen LogP contribution in [-0.2, 0) is 0 Å². The average molecular weight is 120 g/mol. The summed E-state index contributed by atoms with van der Waals surface area (Å²) < 4.78 is 11.6. The zero-order valence-electron chi connectivity index (χ0n) is 5.45. The zero-order valence-corrected chi connectivity index (χ0v) is 5.45. The highest BCUT2D eigenvalue weighted by atomic mass is 19.1. The van der Waals surface area contributed by atoms with Gasteiger partial charge in [-0.1, -0.05) is 0 Å². The minimum atomic E-state index is -0.359. The quantitative estimate of drug-likeness (QED) is 0.528. The Morgan fingerprint density at radius 2 is 2.25 bits per heavy atom. The lowest BCUT2D eigenvalue weighted by molar-refractivity contribution is 0.226. The molecule has 0 fully saturated rings. The molecule has 0 rings (SSSR count). The van der Waals surface area contributed by atoms with Crippen molar-refractivity contribution in [2.24, 2.45) is 0 Å². The van der Waals surface area contributed by atoms with Crippen LogP contribution in [0.5, 0.6) is 0 Å². The molecule has 0 heterocycles. The van der Waals surface area contributed by atoms with Crippen LogP contribution in [-0.4, -0.2) is 38.9 Å². The van der Waals surface area contributed by atoms with Crippen molar-refractivity contribution >= 4 is 0 Å². The van der Waals surface area contributed by atoms with Gasteiger partial charge >= 0.3 is 0 Å². The van der Waals surface area contributed by atoms with Gasteiger partial charge in [-0.25, -0.2) is 4.39 Å². The van der Waals surface area contributed by atoms with Crippen LogP contribution < -0.4 is 5.32 Å². The molecule has 0 aromatic carbocycles. The highest BCUT2D eigenvalue weighted by Crippen LogP contribution is 1.77. The summed E-state index contributed by atoms with van der Waals surface area (Å²) in [5.74, 6) is 0. The Morgan fingerprint density at radius 1 is 1.62 bits per heavy atom. The van der Waals surface area contributed by atoms with Gasteiger partial charge in [0, 0.05) is 13.1 Å². The van der Waals surface area contributed by atoms with E-state index in [9.17, 15) is 4.39 Å². The van der Waals surface area contributed by atoms with E-state index in [1.165, 1.54) is 0 Å². The minimum Gasteiger partial charge on any atom is -0.318 e. The fourth-order valence-electron chi connectivity index (χ4n) is 0.362. The number of nitrogens with one attached hydrogen (secondary N) is 1. The lowest BCUT2D eigenvalue weighted by atomic mass is 10.6. The Bertz CT molecular complexity index is 49.7. The summed E-state index contributed by atoms with van der Waals surface area (Å²) in [6.07, 6.45) is 0. The molecule has 0 aromatic rings. The second-order valence-electron chi connectivity index (χ2n) is 1.80. The first-order chi connectivity index (χ1) is 3.81. The van der Waals surface area contributed by atoms with Gasteiger partial charge in [-0.05, 0) is 14.1 Å². The Morgan fingerprint density at radius 3 is 2.62 bits per heavy atom. The maximum atomic E-state index is 11.6. The number of hydrogen-bond acceptors (Lipinski definition) is 2. The molecule has 50 valence electrons. The fraction of sp³-hybridized carbons (Fsp3) is 1.00. The number of rotatable bonds is 4. The fourth-order valence-corrected chi connectivity index (χ4v) is 0.362. The molecule has 1 N–H and O–H groups in total. The summed E-state index contributed by atoms with van der Waals surface area (Å²) >= 11 is 0. The van der Waals surface area contributed by atoms with Gasteiger partial charge in [0.05, 0.1) is 0 Å². The molecule has 0 radical (unpaired) electrons. The third kappa shape index (κ3) is 4.02. The monoisotopic (exact) mass is 120 g/mol. The standard InChI is InChI=1S/C5H13FN2/c1-7-3-4-8(2)5-6/h7H,3-5H2,1-2H3. The van der Waals surface area contributed by atoms with Crippen molar-refractivity contribution in [3.63, 3.8) is 0 Å². The van der Waals surface area contributed by atoms with Crippen molar-refractivity contribution in [3.8, 4) is 0 Å². The van der Waals surface area contributed by atoms with E-state index in [4.69, 9.17) is 0 Å². The van der Waals surface area contributed by atoms with E-state index in [1.807, 2.05) is 7.05 Å². The molecule has 0 saturated heterocycles. The average Bonchev–Trinajstić information content (AvgIpc) is 1.83. The molecule has 0 aliphatic rings. The molecule has 0 aromatic heterocycles. The van der Waals surface area contributed by atoms with E-state index in [2.05, 4.69) is 5.32 Å². The van der Waals surface area contributed by atoms with Crippen molar-refractivity contribution in [3.05, 3.63) is 0 Å². The van der Waals surface area contributed by atoms with Crippen LogP contribution >= 0.6 is 0 Å². The molecule has 0 amide bonds. The van der Waals surface area contributed by atoms with E-state index < -0.39 is 0 Å². The molecule has 0 aliphatic heterocycles. The second-order valence-corrected chi connectivity index (χ2v) is 1.80. The van der Waals surface area contributed by atoms with Crippen LogP contribution in [0.15, 0.2) is 0 Å². The molecule has 3 heteroatoms. The van der Waals surface area contributed by atoms with Gasteiger partial charge in [-0.15, -0.1) is 0 Å². The lowest BCUT2D eigenvalue weighted by Crippen LogP contribution is -2.26. The third-order valence-corrected chi connectivity index (χ3v) is 0.948. The third-order valence-electron chi connectivity index (χ3n) is 0.948. The van der Waals surface area contributed by atoms with Crippen LogP contribution in [0.2, 0.25) is 0 Å². The Hall–Kier alpha value is -0.150. The number of halogens is 1. The number of alkyl halides is 1. The van der Waals surface area contributed by atoms with E-state index >= 15 is 0 Å². The lowest BCUT2D eigenvalue weighted by Gasteiger charge is -2.09. The molecule has 8 heavy (non-hydrogen) atoms. The van der Waals surface area contributed by atoms with Gasteiger partial charge in [-0.3, -0.25) is 4.90 Å². The number of nitrogens with zero attached hydrogens (tertiary/aromatic N) is 1. The highest BCUT2D eigenvalue weighted by molar-refractivity contribution is 4.45. The molecule has 0 spiro atoms. The number of hydrogen-bond donors (Lipinski definition) is 1. The van der Waals surface area contributed by atoms with Gasteiger partial charge < -0.3 is 5.32 Å². The molecule has 0 aliphatic carbocycles. The van der Waals surface area contributed by atoms with Gasteiger partial charge in [0.25, 0.3) is 0 Å². The Kier molecular flexibility index (Phi) is 4.90. The summed E-state index contributed by atoms with van der Waals surface area (Å²) in [5.41, 5.74) is 0. The molecule has 0 bridgehead atoms. The van der Waals surface area contributed by atoms with E-state index in [0.29, 0.717) is 0 Å². The van der Waals surface area contributed by atoms with E-state index in [1.54, 1.807) is 11.9 Å². The van der Waals surface area contributed by atoms with Crippen molar-refractivity contribution in [2.75, 3.05) is 34.0 Å². The minimum absolute atomic E-state index is 0.359. The Balaban J connectivity index is 2.86.